The van der Waals surface area contributed by atoms with Gasteiger partial charge in [0.1, 0.15) is 0 Å². The van der Waals surface area contributed by atoms with E-state index >= 15 is 0 Å². The maximum Gasteiger partial charge on any atom is 0.0718 e. The Hall–Kier alpha value is -0.900. The second-order valence-corrected chi connectivity index (χ2v) is 5.82. The molecule has 0 saturated heterocycles. The summed E-state index contributed by atoms with van der Waals surface area (Å²) in [5.74, 6) is 0.547. The number of rotatable bonds is 11. The van der Waals surface area contributed by atoms with Gasteiger partial charge in [0.05, 0.1) is 25.9 Å². The van der Waals surface area contributed by atoms with Gasteiger partial charge in [-0.25, -0.2) is 0 Å². The molecule has 1 unspecified atom stereocenters. The number of ether oxygens (including phenoxy) is 2. The third kappa shape index (κ3) is 8.20. The summed E-state index contributed by atoms with van der Waals surface area (Å²) in [5, 5.41) is 3.47. The normalized spacial score (nSPS) is 12.8. The molecule has 1 rings (SSSR count). The number of hydrogen-bond acceptors (Lipinski definition) is 3. The highest BCUT2D eigenvalue weighted by Crippen LogP contribution is 2.15. The first-order valence-electron chi connectivity index (χ1n) is 8.12. The zero-order valence-corrected chi connectivity index (χ0v) is 14.0. The fraction of sp³-hybridized carbons (Fsp3) is 0.667. The Kier molecular flexibility index (Phi) is 9.31. The van der Waals surface area contributed by atoms with E-state index in [4.69, 9.17) is 9.47 Å². The lowest BCUT2D eigenvalue weighted by Crippen LogP contribution is -2.20. The van der Waals surface area contributed by atoms with E-state index in [0.29, 0.717) is 25.7 Å². The molecule has 0 spiro atoms. The Bertz CT molecular complexity index is 362. The first-order valence-corrected chi connectivity index (χ1v) is 8.12. The summed E-state index contributed by atoms with van der Waals surface area (Å²) in [6.45, 7) is 12.6. The molecule has 0 aliphatic rings. The van der Waals surface area contributed by atoms with Crippen LogP contribution in [0.15, 0.2) is 24.3 Å². The van der Waals surface area contributed by atoms with E-state index in [1.165, 1.54) is 17.5 Å². The Morgan fingerprint density at radius 2 is 1.76 bits per heavy atom. The Morgan fingerprint density at radius 3 is 2.38 bits per heavy atom. The zero-order chi connectivity index (χ0) is 15.5. The molecule has 0 radical (unpaired) electrons. The fourth-order valence-corrected chi connectivity index (χ4v) is 2.09. The maximum absolute atomic E-state index is 5.61. The van der Waals surface area contributed by atoms with Gasteiger partial charge in [0.15, 0.2) is 0 Å². The topological polar surface area (TPSA) is 30.5 Å². The molecule has 1 N–H and O–H groups in total. The molecule has 3 heteroatoms. The molecule has 21 heavy (non-hydrogen) atoms. The fourth-order valence-electron chi connectivity index (χ4n) is 2.09. The number of nitrogens with one attached hydrogen (secondary N) is 1. The Balaban J connectivity index is 2.26. The van der Waals surface area contributed by atoms with Crippen LogP contribution in [0.5, 0.6) is 0 Å². The van der Waals surface area contributed by atoms with E-state index in [0.717, 1.165) is 13.1 Å². The van der Waals surface area contributed by atoms with Gasteiger partial charge in [0, 0.05) is 6.54 Å². The van der Waals surface area contributed by atoms with E-state index in [9.17, 15) is 0 Å². The third-order valence-corrected chi connectivity index (χ3v) is 3.37. The van der Waals surface area contributed by atoms with Crippen LogP contribution in [-0.4, -0.2) is 32.4 Å². The van der Waals surface area contributed by atoms with Crippen molar-refractivity contribution in [2.45, 2.75) is 52.7 Å². The second kappa shape index (κ2) is 10.8. The first-order chi connectivity index (χ1) is 10.1. The van der Waals surface area contributed by atoms with Crippen LogP contribution < -0.4 is 5.32 Å². The van der Waals surface area contributed by atoms with Gasteiger partial charge in [-0.3, -0.25) is 0 Å². The number of hydrogen-bond donors (Lipinski definition) is 1. The van der Waals surface area contributed by atoms with Crippen molar-refractivity contribution in [2.24, 2.45) is 0 Å². The summed E-state index contributed by atoms with van der Waals surface area (Å²) >= 11 is 0. The van der Waals surface area contributed by atoms with Crippen LogP contribution in [0.1, 0.15) is 51.2 Å². The first kappa shape index (κ1) is 18.1. The highest BCUT2D eigenvalue weighted by molar-refractivity contribution is 5.24. The van der Waals surface area contributed by atoms with Gasteiger partial charge < -0.3 is 14.8 Å². The van der Waals surface area contributed by atoms with E-state index in [1.54, 1.807) is 0 Å². The van der Waals surface area contributed by atoms with Crippen LogP contribution in [0.2, 0.25) is 0 Å². The highest BCUT2D eigenvalue weighted by Gasteiger charge is 2.04. The van der Waals surface area contributed by atoms with Gasteiger partial charge in [0.25, 0.3) is 0 Å². The lowest BCUT2D eigenvalue weighted by molar-refractivity contribution is 0.0143. The van der Waals surface area contributed by atoms with E-state index in [-0.39, 0.29) is 6.10 Å². The van der Waals surface area contributed by atoms with Gasteiger partial charge in [-0.05, 0) is 43.9 Å². The summed E-state index contributed by atoms with van der Waals surface area (Å²) in [5.41, 5.74) is 2.60. The molecule has 0 bridgehead atoms. The summed E-state index contributed by atoms with van der Waals surface area (Å²) in [7, 11) is 0. The van der Waals surface area contributed by atoms with Crippen LogP contribution in [0.4, 0.5) is 0 Å². The smallest absolute Gasteiger partial charge is 0.0718 e. The molecule has 1 atom stereocenters. The molecule has 1 aromatic carbocycles. The summed E-state index contributed by atoms with van der Waals surface area (Å²) < 4.78 is 11.1. The molecule has 0 amide bonds. The standard InChI is InChI=1S/C18H31NO2/c1-5-10-19-13-16(4)18-8-6-17(7-9-18)14-20-11-12-21-15(2)3/h6-9,15-16,19H,5,10-14H2,1-4H3. The molecule has 0 aromatic heterocycles. The predicted octanol–water partition coefficient (Wildman–Crippen LogP) is 3.73. The predicted molar refractivity (Wildman–Crippen MR) is 88.8 cm³/mol. The second-order valence-electron chi connectivity index (χ2n) is 5.82. The van der Waals surface area contributed by atoms with E-state index in [1.807, 2.05) is 13.8 Å². The van der Waals surface area contributed by atoms with E-state index in [2.05, 4.69) is 43.4 Å². The molecular weight excluding hydrogens is 262 g/mol. The highest BCUT2D eigenvalue weighted by atomic mass is 16.5. The molecule has 0 aliphatic carbocycles. The number of benzene rings is 1. The molecule has 120 valence electrons. The van der Waals surface area contributed by atoms with Crippen molar-refractivity contribution >= 4 is 0 Å². The molecule has 0 heterocycles. The minimum atomic E-state index is 0.274. The van der Waals surface area contributed by atoms with Crippen LogP contribution in [0.3, 0.4) is 0 Å². The third-order valence-electron chi connectivity index (χ3n) is 3.37. The molecule has 1 aromatic rings. The summed E-state index contributed by atoms with van der Waals surface area (Å²) in [6, 6.07) is 8.74. The molecular formula is C18H31NO2. The molecule has 0 saturated carbocycles. The van der Waals surface area contributed by atoms with Crippen molar-refractivity contribution in [1.29, 1.82) is 0 Å². The lowest BCUT2D eigenvalue weighted by atomic mass is 10.00. The van der Waals surface area contributed by atoms with Crippen molar-refractivity contribution < 1.29 is 9.47 Å². The van der Waals surface area contributed by atoms with Crippen molar-refractivity contribution in [1.82, 2.24) is 5.32 Å². The average Bonchev–Trinajstić information content (AvgIpc) is 2.47. The van der Waals surface area contributed by atoms with Crippen molar-refractivity contribution in [3.05, 3.63) is 35.4 Å². The van der Waals surface area contributed by atoms with Crippen LogP contribution in [0.25, 0.3) is 0 Å². The van der Waals surface area contributed by atoms with Crippen molar-refractivity contribution in [3.8, 4) is 0 Å². The largest absolute Gasteiger partial charge is 0.376 e. The maximum atomic E-state index is 5.61. The quantitative estimate of drug-likeness (QED) is 0.631. The summed E-state index contributed by atoms with van der Waals surface area (Å²) in [4.78, 5) is 0. The zero-order valence-electron chi connectivity index (χ0n) is 14.0. The SMILES string of the molecule is CCCNCC(C)c1ccc(COCCOC(C)C)cc1. The minimum absolute atomic E-state index is 0.274. The average molecular weight is 293 g/mol. The molecule has 3 nitrogen and oxygen atoms in total. The van der Waals surface area contributed by atoms with Gasteiger partial charge in [0.2, 0.25) is 0 Å². The molecule has 0 fully saturated rings. The monoisotopic (exact) mass is 293 g/mol. The Morgan fingerprint density at radius 1 is 1.05 bits per heavy atom. The van der Waals surface area contributed by atoms with Crippen molar-refractivity contribution in [3.63, 3.8) is 0 Å². The van der Waals surface area contributed by atoms with Crippen LogP contribution in [0, 0.1) is 0 Å². The minimum Gasteiger partial charge on any atom is -0.376 e. The Labute approximate surface area is 130 Å². The van der Waals surface area contributed by atoms with Gasteiger partial charge in [-0.2, -0.15) is 0 Å². The van der Waals surface area contributed by atoms with Crippen LogP contribution >= 0.6 is 0 Å². The summed E-state index contributed by atoms with van der Waals surface area (Å²) in [6.07, 6.45) is 1.46. The van der Waals surface area contributed by atoms with Gasteiger partial charge >= 0.3 is 0 Å². The van der Waals surface area contributed by atoms with E-state index < -0.39 is 0 Å². The molecule has 0 aliphatic heterocycles. The van der Waals surface area contributed by atoms with Gasteiger partial charge in [-0.15, -0.1) is 0 Å². The van der Waals surface area contributed by atoms with Crippen molar-refractivity contribution in [2.75, 3.05) is 26.3 Å². The lowest BCUT2D eigenvalue weighted by Gasteiger charge is -2.13. The van der Waals surface area contributed by atoms with Crippen LogP contribution in [-0.2, 0) is 16.1 Å². The van der Waals surface area contributed by atoms with Gasteiger partial charge in [-0.1, -0.05) is 38.1 Å².